The van der Waals surface area contributed by atoms with Crippen molar-refractivity contribution in [2.75, 3.05) is 6.54 Å². The quantitative estimate of drug-likeness (QED) is 0.736. The van der Waals surface area contributed by atoms with E-state index in [1.807, 2.05) is 0 Å². The predicted molar refractivity (Wildman–Crippen MR) is 75.2 cm³/mol. The summed E-state index contributed by atoms with van der Waals surface area (Å²) in [6, 6.07) is 10.0. The second kappa shape index (κ2) is 4.36. The van der Waals surface area contributed by atoms with Gasteiger partial charge < -0.3 is 11.5 Å². The smallest absolute Gasteiger partial charge is 0.0144 e. The normalized spacial score (nSPS) is 37.1. The number of nitrogens with one attached hydrogen (secondary N) is 1. The topological polar surface area (TPSA) is 47.0 Å². The van der Waals surface area contributed by atoms with E-state index in [1.54, 1.807) is 11.1 Å². The lowest BCUT2D eigenvalue weighted by molar-refractivity contribution is 0.0798. The van der Waals surface area contributed by atoms with Gasteiger partial charge in [-0.05, 0) is 49.3 Å². The van der Waals surface area contributed by atoms with Gasteiger partial charge in [0.2, 0.25) is 0 Å². The third kappa shape index (κ3) is 1.49. The van der Waals surface area contributed by atoms with Gasteiger partial charge >= 0.3 is 0 Å². The summed E-state index contributed by atoms with van der Waals surface area (Å²) in [6.07, 6.45) is 8.41. The zero-order chi connectivity index (χ0) is 11.3. The Morgan fingerprint density at radius 3 is 2.94 bits per heavy atom. The third-order valence-electron chi connectivity index (χ3n) is 5.55. The lowest BCUT2D eigenvalue weighted by atomic mass is 9.53. The van der Waals surface area contributed by atoms with Gasteiger partial charge in [0.15, 0.2) is 0 Å². The van der Waals surface area contributed by atoms with Gasteiger partial charge in [-0.3, -0.25) is 0 Å². The molecule has 1 aromatic carbocycles. The molecule has 0 aromatic heterocycles. The minimum absolute atomic E-state index is 0. The number of rotatable bonds is 0. The van der Waals surface area contributed by atoms with E-state index in [0.29, 0.717) is 5.41 Å². The molecule has 0 amide bonds. The van der Waals surface area contributed by atoms with E-state index in [1.165, 1.54) is 45.1 Å². The molecule has 2 aliphatic carbocycles. The average Bonchev–Trinajstić information content (AvgIpc) is 2.39. The average molecular weight is 244 g/mol. The molecular weight excluding hydrogens is 220 g/mol. The van der Waals surface area contributed by atoms with Crippen molar-refractivity contribution in [1.29, 1.82) is 0 Å². The minimum atomic E-state index is 0. The summed E-state index contributed by atoms with van der Waals surface area (Å²) in [7, 11) is 0. The monoisotopic (exact) mass is 244 g/mol. The van der Waals surface area contributed by atoms with Gasteiger partial charge in [0.1, 0.15) is 0 Å². The molecule has 2 fully saturated rings. The highest BCUT2D eigenvalue weighted by molar-refractivity contribution is 5.41. The number of hydrogen-bond acceptors (Lipinski definition) is 2. The van der Waals surface area contributed by atoms with Gasteiger partial charge in [-0.15, -0.1) is 0 Å². The van der Waals surface area contributed by atoms with E-state index in [2.05, 4.69) is 29.6 Å². The van der Waals surface area contributed by atoms with Crippen LogP contribution >= 0.6 is 0 Å². The van der Waals surface area contributed by atoms with Gasteiger partial charge in [-0.25, -0.2) is 0 Å². The highest BCUT2D eigenvalue weighted by atomic mass is 15.0. The molecule has 1 aromatic rings. The van der Waals surface area contributed by atoms with E-state index >= 15 is 0 Å². The van der Waals surface area contributed by atoms with Crippen LogP contribution in [0.15, 0.2) is 24.3 Å². The molecule has 3 atom stereocenters. The SMILES string of the molecule is N.c1ccc2c(c1)C[C@H]1NCC[C@@]23CCCC[C@@H]13. The van der Waals surface area contributed by atoms with Crippen molar-refractivity contribution in [3.8, 4) is 0 Å². The summed E-state index contributed by atoms with van der Waals surface area (Å²) in [6.45, 7) is 1.23. The van der Waals surface area contributed by atoms with Crippen molar-refractivity contribution in [2.45, 2.75) is 50.0 Å². The van der Waals surface area contributed by atoms with Gasteiger partial charge in [-0.2, -0.15) is 0 Å². The molecule has 2 bridgehead atoms. The first kappa shape index (κ1) is 12.2. The van der Waals surface area contributed by atoms with Crippen molar-refractivity contribution >= 4 is 0 Å². The van der Waals surface area contributed by atoms with E-state index < -0.39 is 0 Å². The van der Waals surface area contributed by atoms with E-state index in [0.717, 1.165) is 12.0 Å². The molecule has 4 N–H and O–H groups in total. The van der Waals surface area contributed by atoms with Crippen LogP contribution in [0.2, 0.25) is 0 Å². The van der Waals surface area contributed by atoms with Crippen LogP contribution in [-0.2, 0) is 11.8 Å². The molecule has 18 heavy (non-hydrogen) atoms. The molecule has 3 aliphatic rings. The van der Waals surface area contributed by atoms with Crippen molar-refractivity contribution in [2.24, 2.45) is 5.92 Å². The molecule has 0 unspecified atom stereocenters. The fraction of sp³-hybridized carbons (Fsp3) is 0.625. The lowest BCUT2D eigenvalue weighted by Gasteiger charge is -2.56. The molecule has 2 nitrogen and oxygen atoms in total. The van der Waals surface area contributed by atoms with Crippen LogP contribution < -0.4 is 11.5 Å². The first-order valence-electron chi connectivity index (χ1n) is 7.22. The summed E-state index contributed by atoms with van der Waals surface area (Å²) >= 11 is 0. The zero-order valence-electron chi connectivity index (χ0n) is 11.1. The van der Waals surface area contributed by atoms with Crippen LogP contribution in [0.25, 0.3) is 0 Å². The molecule has 98 valence electrons. The molecule has 4 rings (SSSR count). The Morgan fingerprint density at radius 2 is 2.00 bits per heavy atom. The Hall–Kier alpha value is -0.860. The Morgan fingerprint density at radius 1 is 1.11 bits per heavy atom. The van der Waals surface area contributed by atoms with Crippen molar-refractivity contribution in [1.82, 2.24) is 11.5 Å². The molecule has 2 heteroatoms. The summed E-state index contributed by atoms with van der Waals surface area (Å²) in [5, 5.41) is 3.79. The van der Waals surface area contributed by atoms with Gasteiger partial charge in [0.25, 0.3) is 0 Å². The molecular formula is C16H24N2. The molecule has 0 spiro atoms. The minimum Gasteiger partial charge on any atom is -0.344 e. The molecule has 1 saturated heterocycles. The van der Waals surface area contributed by atoms with Crippen LogP contribution in [0.4, 0.5) is 0 Å². The lowest BCUT2D eigenvalue weighted by Crippen LogP contribution is -2.59. The predicted octanol–water partition coefficient (Wildman–Crippen LogP) is 3.19. The summed E-state index contributed by atoms with van der Waals surface area (Å²) in [5.74, 6) is 0.917. The van der Waals surface area contributed by atoms with Gasteiger partial charge in [0.05, 0.1) is 0 Å². The maximum Gasteiger partial charge on any atom is 0.0144 e. The number of hydrogen-bond donors (Lipinski definition) is 2. The van der Waals surface area contributed by atoms with Crippen molar-refractivity contribution in [3.05, 3.63) is 35.4 Å². The number of piperidine rings is 1. The van der Waals surface area contributed by atoms with Crippen LogP contribution in [0, 0.1) is 5.92 Å². The Balaban J connectivity index is 0.000001000. The Labute approximate surface area is 110 Å². The largest absolute Gasteiger partial charge is 0.344 e. The second-order valence-electron chi connectivity index (χ2n) is 6.18. The van der Waals surface area contributed by atoms with Gasteiger partial charge in [-0.1, -0.05) is 37.1 Å². The van der Waals surface area contributed by atoms with Gasteiger partial charge in [0, 0.05) is 11.5 Å². The molecule has 0 radical (unpaired) electrons. The zero-order valence-corrected chi connectivity index (χ0v) is 11.1. The fourth-order valence-electron chi connectivity index (χ4n) is 4.89. The summed E-state index contributed by atoms with van der Waals surface area (Å²) in [4.78, 5) is 0. The maximum absolute atomic E-state index is 3.79. The van der Waals surface area contributed by atoms with E-state index in [9.17, 15) is 0 Å². The highest BCUT2D eigenvalue weighted by Gasteiger charge is 2.51. The standard InChI is InChI=1S/C16H21N.H3N/c1-2-6-13-12(5-1)11-15-14-7-3-4-8-16(13,14)9-10-17-15;/h1-2,5-6,14-15,17H,3-4,7-11H2;1H3/t14-,15+,16-;/m0./s1. The first-order chi connectivity index (χ1) is 8.40. The Kier molecular flexibility index (Phi) is 2.95. The van der Waals surface area contributed by atoms with Crippen LogP contribution in [0.3, 0.4) is 0 Å². The molecule has 1 aliphatic heterocycles. The van der Waals surface area contributed by atoms with Crippen molar-refractivity contribution < 1.29 is 0 Å². The molecule has 1 heterocycles. The highest BCUT2D eigenvalue weighted by Crippen LogP contribution is 2.53. The fourth-order valence-corrected chi connectivity index (χ4v) is 4.89. The van der Waals surface area contributed by atoms with Crippen LogP contribution in [0.1, 0.15) is 43.2 Å². The summed E-state index contributed by atoms with van der Waals surface area (Å²) in [5.41, 5.74) is 3.88. The Bertz CT molecular complexity index is 438. The third-order valence-corrected chi connectivity index (χ3v) is 5.55. The maximum atomic E-state index is 3.79. The van der Waals surface area contributed by atoms with Crippen LogP contribution in [-0.4, -0.2) is 12.6 Å². The molecule has 1 saturated carbocycles. The van der Waals surface area contributed by atoms with Crippen molar-refractivity contribution in [3.63, 3.8) is 0 Å². The number of fused-ring (bicyclic) bond motifs is 1. The first-order valence-corrected chi connectivity index (χ1v) is 7.22. The number of benzene rings is 1. The van der Waals surface area contributed by atoms with Crippen LogP contribution in [0.5, 0.6) is 0 Å². The van der Waals surface area contributed by atoms with E-state index in [-0.39, 0.29) is 6.15 Å². The van der Waals surface area contributed by atoms with E-state index in [4.69, 9.17) is 0 Å². The second-order valence-corrected chi connectivity index (χ2v) is 6.18. The summed E-state index contributed by atoms with van der Waals surface area (Å²) < 4.78 is 0.